The minimum absolute atomic E-state index is 0.208. The summed E-state index contributed by atoms with van der Waals surface area (Å²) < 4.78 is 6.09. The number of hydrogen-bond donors (Lipinski definition) is 0. The van der Waals surface area contributed by atoms with E-state index in [1.807, 2.05) is 23.6 Å². The lowest BCUT2D eigenvalue weighted by Gasteiger charge is -2.39. The first kappa shape index (κ1) is 14.7. The summed E-state index contributed by atoms with van der Waals surface area (Å²) >= 11 is 1.65. The minimum Gasteiger partial charge on any atom is -0.490 e. The van der Waals surface area contributed by atoms with Crippen LogP contribution in [0.4, 0.5) is 0 Å². The monoisotopic (exact) mass is 328 g/mol. The SMILES string of the molecule is O=C(Cc1ccsc1)N1C2CCC1CC(Oc1ccncc1)C2. The number of pyridine rings is 1. The highest BCUT2D eigenvalue weighted by molar-refractivity contribution is 7.08. The van der Waals surface area contributed by atoms with Crippen LogP contribution in [-0.2, 0) is 11.2 Å². The molecule has 5 heteroatoms. The lowest BCUT2D eigenvalue weighted by molar-refractivity contribution is -0.136. The van der Waals surface area contributed by atoms with Gasteiger partial charge in [-0.1, -0.05) is 0 Å². The molecule has 2 atom stereocenters. The van der Waals surface area contributed by atoms with Gasteiger partial charge in [0, 0.05) is 37.3 Å². The summed E-state index contributed by atoms with van der Waals surface area (Å²) in [6, 6.07) is 6.52. The fourth-order valence-electron chi connectivity index (χ4n) is 3.90. The summed E-state index contributed by atoms with van der Waals surface area (Å²) in [7, 11) is 0. The lowest BCUT2D eigenvalue weighted by atomic mass is 9.98. The van der Waals surface area contributed by atoms with E-state index in [9.17, 15) is 4.79 Å². The maximum absolute atomic E-state index is 12.7. The largest absolute Gasteiger partial charge is 0.490 e. The summed E-state index contributed by atoms with van der Waals surface area (Å²) in [6.07, 6.45) is 8.34. The number of carbonyl (C=O) groups excluding carboxylic acids is 1. The number of amides is 1. The molecule has 4 heterocycles. The Kier molecular flexibility index (Phi) is 4.04. The van der Waals surface area contributed by atoms with E-state index in [0.29, 0.717) is 18.5 Å². The van der Waals surface area contributed by atoms with Gasteiger partial charge in [0.05, 0.1) is 6.42 Å². The van der Waals surface area contributed by atoms with Gasteiger partial charge in [0.25, 0.3) is 0 Å². The number of ether oxygens (including phenoxy) is 1. The van der Waals surface area contributed by atoms with Gasteiger partial charge in [0.2, 0.25) is 5.91 Å². The van der Waals surface area contributed by atoms with Crippen molar-refractivity contribution >= 4 is 17.2 Å². The van der Waals surface area contributed by atoms with Gasteiger partial charge in [-0.25, -0.2) is 0 Å². The molecule has 2 aliphatic rings. The highest BCUT2D eigenvalue weighted by atomic mass is 32.1. The van der Waals surface area contributed by atoms with Crippen molar-refractivity contribution in [2.75, 3.05) is 0 Å². The predicted octanol–water partition coefficient (Wildman–Crippen LogP) is 3.29. The summed E-state index contributed by atoms with van der Waals surface area (Å²) in [5.74, 6) is 1.15. The molecule has 2 aliphatic heterocycles. The van der Waals surface area contributed by atoms with Crippen LogP contribution >= 0.6 is 11.3 Å². The van der Waals surface area contributed by atoms with E-state index in [4.69, 9.17) is 4.74 Å². The van der Waals surface area contributed by atoms with Crippen molar-refractivity contribution in [1.82, 2.24) is 9.88 Å². The van der Waals surface area contributed by atoms with E-state index < -0.39 is 0 Å². The van der Waals surface area contributed by atoms with Gasteiger partial charge in [-0.3, -0.25) is 9.78 Å². The zero-order valence-electron chi connectivity index (χ0n) is 12.9. The second kappa shape index (κ2) is 6.32. The van der Waals surface area contributed by atoms with Gasteiger partial charge in [0.15, 0.2) is 0 Å². The number of hydrogen-bond acceptors (Lipinski definition) is 4. The van der Waals surface area contributed by atoms with Crippen molar-refractivity contribution < 1.29 is 9.53 Å². The van der Waals surface area contributed by atoms with Crippen LogP contribution in [0.25, 0.3) is 0 Å². The molecule has 0 radical (unpaired) electrons. The van der Waals surface area contributed by atoms with Gasteiger partial charge in [0.1, 0.15) is 11.9 Å². The van der Waals surface area contributed by atoms with Crippen LogP contribution in [0.15, 0.2) is 41.4 Å². The van der Waals surface area contributed by atoms with Crippen LogP contribution in [0, 0.1) is 0 Å². The number of thiophene rings is 1. The molecule has 0 N–H and O–H groups in total. The Morgan fingerprint density at radius 3 is 2.61 bits per heavy atom. The number of rotatable bonds is 4. The fraction of sp³-hybridized carbons (Fsp3) is 0.444. The smallest absolute Gasteiger partial charge is 0.227 e. The zero-order valence-corrected chi connectivity index (χ0v) is 13.7. The average molecular weight is 328 g/mol. The molecule has 4 nitrogen and oxygen atoms in total. The first-order valence-corrected chi connectivity index (χ1v) is 9.13. The molecule has 0 aromatic carbocycles. The molecule has 2 bridgehead atoms. The third-order valence-electron chi connectivity index (χ3n) is 4.87. The number of piperidine rings is 1. The van der Waals surface area contributed by atoms with Crippen LogP contribution in [0.1, 0.15) is 31.2 Å². The van der Waals surface area contributed by atoms with Crippen molar-refractivity contribution in [3.63, 3.8) is 0 Å². The molecule has 0 aliphatic carbocycles. The van der Waals surface area contributed by atoms with Crippen molar-refractivity contribution in [2.45, 2.75) is 50.3 Å². The molecule has 2 saturated heterocycles. The Bertz CT molecular complexity index is 645. The van der Waals surface area contributed by atoms with Crippen molar-refractivity contribution in [2.24, 2.45) is 0 Å². The minimum atomic E-state index is 0.208. The van der Waals surface area contributed by atoms with Gasteiger partial charge in [-0.05, 0) is 47.4 Å². The molecule has 4 rings (SSSR count). The van der Waals surface area contributed by atoms with Crippen molar-refractivity contribution in [1.29, 1.82) is 0 Å². The van der Waals surface area contributed by atoms with Crippen molar-refractivity contribution in [3.8, 4) is 5.75 Å². The Hall–Kier alpha value is -1.88. The standard InChI is InChI=1S/C18H20N2O2S/c21-18(9-13-5-8-23-12-13)20-14-1-2-15(20)11-17(10-14)22-16-3-6-19-7-4-16/h3-8,12,14-15,17H,1-2,9-11H2. The molecule has 120 valence electrons. The summed E-state index contributed by atoms with van der Waals surface area (Å²) in [6.45, 7) is 0. The summed E-state index contributed by atoms with van der Waals surface area (Å²) in [5, 5.41) is 4.10. The molecular weight excluding hydrogens is 308 g/mol. The first-order chi connectivity index (χ1) is 11.3. The second-order valence-corrected chi connectivity index (χ2v) is 7.17. The Balaban J connectivity index is 1.41. The van der Waals surface area contributed by atoms with Gasteiger partial charge >= 0.3 is 0 Å². The fourth-order valence-corrected chi connectivity index (χ4v) is 4.57. The van der Waals surface area contributed by atoms with E-state index in [-0.39, 0.29) is 12.0 Å². The zero-order chi connectivity index (χ0) is 15.6. The van der Waals surface area contributed by atoms with Crippen LogP contribution in [-0.4, -0.2) is 34.0 Å². The lowest BCUT2D eigenvalue weighted by Crippen LogP contribution is -2.49. The number of aromatic nitrogens is 1. The molecule has 2 aromatic rings. The highest BCUT2D eigenvalue weighted by Crippen LogP contribution is 2.37. The maximum atomic E-state index is 12.7. The van der Waals surface area contributed by atoms with Crippen LogP contribution < -0.4 is 4.74 Å². The summed E-state index contributed by atoms with van der Waals surface area (Å²) in [4.78, 5) is 18.8. The van der Waals surface area contributed by atoms with Crippen LogP contribution in [0.2, 0.25) is 0 Å². The number of carbonyl (C=O) groups is 1. The first-order valence-electron chi connectivity index (χ1n) is 8.18. The third kappa shape index (κ3) is 3.11. The maximum Gasteiger partial charge on any atom is 0.227 e. The quantitative estimate of drug-likeness (QED) is 0.865. The predicted molar refractivity (Wildman–Crippen MR) is 89.6 cm³/mol. The Labute approximate surface area is 140 Å². The average Bonchev–Trinajstić information content (AvgIpc) is 3.15. The molecule has 2 fully saturated rings. The highest BCUT2D eigenvalue weighted by Gasteiger charge is 2.43. The van der Waals surface area contributed by atoms with Crippen molar-refractivity contribution in [3.05, 3.63) is 46.9 Å². The molecule has 2 aromatic heterocycles. The van der Waals surface area contributed by atoms with E-state index in [1.54, 1.807) is 23.7 Å². The molecule has 23 heavy (non-hydrogen) atoms. The second-order valence-electron chi connectivity index (χ2n) is 6.39. The Morgan fingerprint density at radius 1 is 1.22 bits per heavy atom. The van der Waals surface area contributed by atoms with Gasteiger partial charge in [-0.15, -0.1) is 0 Å². The van der Waals surface area contributed by atoms with E-state index in [0.717, 1.165) is 37.0 Å². The van der Waals surface area contributed by atoms with E-state index >= 15 is 0 Å². The Morgan fingerprint density at radius 2 is 1.96 bits per heavy atom. The summed E-state index contributed by atoms with van der Waals surface area (Å²) in [5.41, 5.74) is 1.13. The van der Waals surface area contributed by atoms with Gasteiger partial charge < -0.3 is 9.64 Å². The molecule has 2 unspecified atom stereocenters. The van der Waals surface area contributed by atoms with Crippen LogP contribution in [0.3, 0.4) is 0 Å². The number of nitrogens with zero attached hydrogens (tertiary/aromatic N) is 2. The normalized spacial score (nSPS) is 26.3. The van der Waals surface area contributed by atoms with E-state index in [1.165, 1.54) is 0 Å². The number of fused-ring (bicyclic) bond motifs is 2. The third-order valence-corrected chi connectivity index (χ3v) is 5.60. The van der Waals surface area contributed by atoms with E-state index in [2.05, 4.69) is 15.3 Å². The topological polar surface area (TPSA) is 42.4 Å². The molecular formula is C18H20N2O2S. The molecule has 1 amide bonds. The van der Waals surface area contributed by atoms with Gasteiger partial charge in [-0.2, -0.15) is 11.3 Å². The molecule has 0 saturated carbocycles. The van der Waals surface area contributed by atoms with Crippen LogP contribution in [0.5, 0.6) is 5.75 Å². The molecule has 0 spiro atoms.